The van der Waals surface area contributed by atoms with Gasteiger partial charge >= 0.3 is 5.97 Å². The lowest BCUT2D eigenvalue weighted by atomic mass is 9.82. The molecule has 108 valence electrons. The van der Waals surface area contributed by atoms with Gasteiger partial charge in [-0.05, 0) is 26.7 Å². The number of hydrogen-bond donors (Lipinski definition) is 0. The van der Waals surface area contributed by atoms with Crippen LogP contribution in [0.2, 0.25) is 0 Å². The normalized spacial score (nSPS) is 11.6. The molecule has 1 heterocycles. The topological polar surface area (TPSA) is 74.5 Å². The molecule has 19 heavy (non-hydrogen) atoms. The van der Waals surface area contributed by atoms with E-state index >= 15 is 0 Å². The third-order valence-corrected chi connectivity index (χ3v) is 3.19. The van der Waals surface area contributed by atoms with Crippen LogP contribution in [-0.2, 0) is 26.3 Å². The maximum absolute atomic E-state index is 12.2. The summed E-state index contributed by atoms with van der Waals surface area (Å²) >= 11 is 0. The highest BCUT2D eigenvalue weighted by molar-refractivity contribution is 5.81. The predicted octanol–water partition coefficient (Wildman–Crippen LogP) is 2.23. The van der Waals surface area contributed by atoms with Crippen molar-refractivity contribution in [3.8, 4) is 0 Å². The summed E-state index contributed by atoms with van der Waals surface area (Å²) in [5.41, 5.74) is -0.854. The van der Waals surface area contributed by atoms with Crippen molar-refractivity contribution in [2.24, 2.45) is 0 Å². The maximum Gasteiger partial charge on any atom is 0.321 e. The van der Waals surface area contributed by atoms with E-state index in [1.54, 1.807) is 6.92 Å². The molecule has 0 amide bonds. The molecule has 1 aromatic rings. The maximum atomic E-state index is 12.2. The molecule has 0 atom stereocenters. The van der Waals surface area contributed by atoms with E-state index in [0.717, 1.165) is 0 Å². The average molecular weight is 270 g/mol. The van der Waals surface area contributed by atoms with Gasteiger partial charge in [0, 0.05) is 6.61 Å². The standard InChI is InChI=1S/C13H22N2O4/c1-5-13(6-2,12(16)18-8-4)11-14-10(15-19-11)9-17-7-3/h5-9H2,1-4H3. The van der Waals surface area contributed by atoms with Gasteiger partial charge in [-0.25, -0.2) is 0 Å². The summed E-state index contributed by atoms with van der Waals surface area (Å²) in [5, 5.41) is 3.84. The molecule has 0 spiro atoms. The van der Waals surface area contributed by atoms with Crippen molar-refractivity contribution in [3.05, 3.63) is 11.7 Å². The second-order valence-corrected chi connectivity index (χ2v) is 4.16. The van der Waals surface area contributed by atoms with Crippen LogP contribution in [-0.4, -0.2) is 29.3 Å². The molecule has 0 saturated carbocycles. The zero-order valence-electron chi connectivity index (χ0n) is 12.1. The fourth-order valence-corrected chi connectivity index (χ4v) is 1.90. The number of carbonyl (C=O) groups is 1. The monoisotopic (exact) mass is 270 g/mol. The van der Waals surface area contributed by atoms with Crippen molar-refractivity contribution < 1.29 is 18.8 Å². The molecule has 0 aliphatic heterocycles. The van der Waals surface area contributed by atoms with Crippen molar-refractivity contribution in [1.29, 1.82) is 0 Å². The first-order valence-electron chi connectivity index (χ1n) is 6.72. The van der Waals surface area contributed by atoms with Crippen molar-refractivity contribution in [1.82, 2.24) is 10.1 Å². The molecule has 0 unspecified atom stereocenters. The highest BCUT2D eigenvalue weighted by Gasteiger charge is 2.43. The Morgan fingerprint density at radius 1 is 1.21 bits per heavy atom. The van der Waals surface area contributed by atoms with Gasteiger partial charge in [0.15, 0.2) is 5.82 Å². The first-order valence-corrected chi connectivity index (χ1v) is 6.72. The molecule has 0 radical (unpaired) electrons. The summed E-state index contributed by atoms with van der Waals surface area (Å²) in [6, 6.07) is 0. The second kappa shape index (κ2) is 7.23. The van der Waals surface area contributed by atoms with Crippen LogP contribution in [0.5, 0.6) is 0 Å². The van der Waals surface area contributed by atoms with E-state index in [-0.39, 0.29) is 12.6 Å². The second-order valence-electron chi connectivity index (χ2n) is 4.16. The number of hydrogen-bond acceptors (Lipinski definition) is 6. The average Bonchev–Trinajstić information content (AvgIpc) is 2.88. The minimum absolute atomic E-state index is 0.284. The summed E-state index contributed by atoms with van der Waals surface area (Å²) in [4.78, 5) is 16.4. The van der Waals surface area contributed by atoms with Gasteiger partial charge in [-0.15, -0.1) is 0 Å². The van der Waals surface area contributed by atoms with Crippen LogP contribution in [0.1, 0.15) is 52.3 Å². The molecule has 1 aromatic heterocycles. The molecular formula is C13H22N2O4. The Morgan fingerprint density at radius 2 is 1.89 bits per heavy atom. The van der Waals surface area contributed by atoms with E-state index < -0.39 is 5.41 Å². The number of ether oxygens (including phenoxy) is 2. The van der Waals surface area contributed by atoms with E-state index in [9.17, 15) is 4.79 Å². The van der Waals surface area contributed by atoms with E-state index in [1.807, 2.05) is 20.8 Å². The fraction of sp³-hybridized carbons (Fsp3) is 0.769. The van der Waals surface area contributed by atoms with Gasteiger partial charge in [-0.1, -0.05) is 19.0 Å². The van der Waals surface area contributed by atoms with Gasteiger partial charge in [-0.2, -0.15) is 4.98 Å². The van der Waals surface area contributed by atoms with Crippen molar-refractivity contribution >= 4 is 5.97 Å². The Morgan fingerprint density at radius 3 is 2.42 bits per heavy atom. The lowest BCUT2D eigenvalue weighted by Crippen LogP contribution is -2.36. The summed E-state index contributed by atoms with van der Waals surface area (Å²) in [7, 11) is 0. The summed E-state index contributed by atoms with van der Waals surface area (Å²) in [6.45, 7) is 8.69. The smallest absolute Gasteiger partial charge is 0.321 e. The quantitative estimate of drug-likeness (QED) is 0.674. The lowest BCUT2D eigenvalue weighted by molar-refractivity contribution is -0.151. The molecule has 0 bridgehead atoms. The molecule has 0 aliphatic rings. The van der Waals surface area contributed by atoms with E-state index in [2.05, 4.69) is 10.1 Å². The molecular weight excluding hydrogens is 248 g/mol. The van der Waals surface area contributed by atoms with Crippen LogP contribution in [0.25, 0.3) is 0 Å². The van der Waals surface area contributed by atoms with Crippen molar-refractivity contribution in [3.63, 3.8) is 0 Å². The molecule has 6 heteroatoms. The zero-order valence-corrected chi connectivity index (χ0v) is 12.1. The highest BCUT2D eigenvalue weighted by Crippen LogP contribution is 2.32. The van der Waals surface area contributed by atoms with Crippen LogP contribution in [0.4, 0.5) is 0 Å². The van der Waals surface area contributed by atoms with Crippen LogP contribution < -0.4 is 0 Å². The number of nitrogens with zero attached hydrogens (tertiary/aromatic N) is 2. The van der Waals surface area contributed by atoms with Gasteiger partial charge in [0.1, 0.15) is 12.0 Å². The summed E-state index contributed by atoms with van der Waals surface area (Å²) in [6.07, 6.45) is 1.11. The van der Waals surface area contributed by atoms with Crippen LogP contribution in [0.15, 0.2) is 4.52 Å². The highest BCUT2D eigenvalue weighted by atomic mass is 16.5. The third kappa shape index (κ3) is 3.32. The van der Waals surface area contributed by atoms with Gasteiger partial charge in [0.2, 0.25) is 5.89 Å². The SMILES string of the molecule is CCOCc1noc(C(CC)(CC)C(=O)OCC)n1. The molecule has 1 rings (SSSR count). The summed E-state index contributed by atoms with van der Waals surface area (Å²) < 4.78 is 15.6. The van der Waals surface area contributed by atoms with Gasteiger partial charge in [0.25, 0.3) is 0 Å². The van der Waals surface area contributed by atoms with Gasteiger partial charge < -0.3 is 14.0 Å². The largest absolute Gasteiger partial charge is 0.465 e. The number of rotatable bonds is 8. The molecule has 0 aliphatic carbocycles. The first-order chi connectivity index (χ1) is 9.14. The number of esters is 1. The van der Waals surface area contributed by atoms with Gasteiger partial charge in [-0.3, -0.25) is 4.79 Å². The Labute approximate surface area is 113 Å². The Bertz CT molecular complexity index is 399. The molecule has 0 N–H and O–H groups in total. The van der Waals surface area contributed by atoms with E-state index in [0.29, 0.717) is 37.8 Å². The Balaban J connectivity index is 2.98. The number of carbonyl (C=O) groups excluding carboxylic acids is 1. The molecule has 6 nitrogen and oxygen atoms in total. The predicted molar refractivity (Wildman–Crippen MR) is 68.5 cm³/mol. The first kappa shape index (κ1) is 15.6. The van der Waals surface area contributed by atoms with Gasteiger partial charge in [0.05, 0.1) is 6.61 Å². The van der Waals surface area contributed by atoms with Crippen LogP contribution in [0, 0.1) is 0 Å². The third-order valence-electron chi connectivity index (χ3n) is 3.19. The van der Waals surface area contributed by atoms with Crippen molar-refractivity contribution in [2.75, 3.05) is 13.2 Å². The lowest BCUT2D eigenvalue weighted by Gasteiger charge is -2.24. The minimum Gasteiger partial charge on any atom is -0.465 e. The van der Waals surface area contributed by atoms with Crippen LogP contribution in [0.3, 0.4) is 0 Å². The van der Waals surface area contributed by atoms with Crippen molar-refractivity contribution in [2.45, 2.75) is 52.6 Å². The zero-order chi connectivity index (χ0) is 14.3. The minimum atomic E-state index is -0.854. The molecule has 0 fully saturated rings. The van der Waals surface area contributed by atoms with E-state index in [4.69, 9.17) is 14.0 Å². The van der Waals surface area contributed by atoms with E-state index in [1.165, 1.54) is 0 Å². The fourth-order valence-electron chi connectivity index (χ4n) is 1.90. The van der Waals surface area contributed by atoms with Crippen LogP contribution >= 0.6 is 0 Å². The summed E-state index contributed by atoms with van der Waals surface area (Å²) in [5.74, 6) is 0.449. The molecule has 0 aromatic carbocycles. The molecule has 0 saturated heterocycles. The Kier molecular flexibility index (Phi) is 5.95. The Hall–Kier alpha value is -1.43. The number of aromatic nitrogens is 2.